The summed E-state index contributed by atoms with van der Waals surface area (Å²) in [4.78, 5) is 12.4. The summed E-state index contributed by atoms with van der Waals surface area (Å²) in [7, 11) is 1.64. The van der Waals surface area contributed by atoms with Crippen molar-refractivity contribution >= 4 is 11.7 Å². The third-order valence-electron chi connectivity index (χ3n) is 4.86. The fraction of sp³-hybridized carbons (Fsp3) is 0.409. The topological polar surface area (TPSA) is 68.8 Å². The first-order chi connectivity index (χ1) is 13.4. The monoisotopic (exact) mass is 384 g/mol. The van der Waals surface area contributed by atoms with Gasteiger partial charge in [-0.05, 0) is 45.4 Å². The van der Waals surface area contributed by atoms with Gasteiger partial charge in [0.25, 0.3) is 0 Å². The minimum Gasteiger partial charge on any atom is -0.496 e. The summed E-state index contributed by atoms with van der Waals surface area (Å²) in [5, 5.41) is 5.89. The third kappa shape index (κ3) is 4.95. The molecule has 0 unspecified atom stereocenters. The smallest absolute Gasteiger partial charge is 0.319 e. The molecular weight excluding hydrogens is 356 g/mol. The van der Waals surface area contributed by atoms with Crippen molar-refractivity contribution in [3.63, 3.8) is 0 Å². The molecule has 1 saturated heterocycles. The quantitative estimate of drug-likeness (QED) is 0.780. The molecule has 0 saturated carbocycles. The van der Waals surface area contributed by atoms with Crippen LogP contribution in [-0.4, -0.2) is 31.4 Å². The van der Waals surface area contributed by atoms with Crippen molar-refractivity contribution < 1.29 is 19.0 Å². The predicted molar refractivity (Wildman–Crippen MR) is 109 cm³/mol. The van der Waals surface area contributed by atoms with E-state index in [1.165, 1.54) is 0 Å². The number of nitrogens with one attached hydrogen (secondary N) is 2. The predicted octanol–water partition coefficient (Wildman–Crippen LogP) is 4.27. The number of benzene rings is 2. The highest BCUT2D eigenvalue weighted by Crippen LogP contribution is 2.28. The maximum atomic E-state index is 12.4. The maximum Gasteiger partial charge on any atom is 0.319 e. The second-order valence-corrected chi connectivity index (χ2v) is 7.60. The fourth-order valence-electron chi connectivity index (χ4n) is 3.36. The van der Waals surface area contributed by atoms with Gasteiger partial charge in [0.1, 0.15) is 18.1 Å². The Morgan fingerprint density at radius 2 is 1.93 bits per heavy atom. The number of anilines is 1. The van der Waals surface area contributed by atoms with Crippen LogP contribution in [-0.2, 0) is 11.3 Å². The largest absolute Gasteiger partial charge is 0.496 e. The number of amides is 2. The fourth-order valence-corrected chi connectivity index (χ4v) is 3.36. The van der Waals surface area contributed by atoms with Crippen molar-refractivity contribution in [1.82, 2.24) is 5.32 Å². The van der Waals surface area contributed by atoms with Crippen LogP contribution in [0.25, 0.3) is 0 Å². The molecule has 2 aromatic carbocycles. The van der Waals surface area contributed by atoms with Gasteiger partial charge < -0.3 is 24.8 Å². The zero-order valence-corrected chi connectivity index (χ0v) is 16.9. The zero-order chi connectivity index (χ0) is 20.1. The van der Waals surface area contributed by atoms with Crippen LogP contribution in [0.5, 0.6) is 11.5 Å². The number of rotatable bonds is 6. The zero-order valence-electron chi connectivity index (χ0n) is 16.9. The standard InChI is InChI=1S/C22H28N2O4/c1-15-18(24-21(25)23-17-12-22(2,3)28-14-17)9-7-11-19(15)27-13-16-8-5-6-10-20(16)26-4/h5-11,17H,12-14H2,1-4H3,(H2,23,24,25)/t17-/m0/s1. The Kier molecular flexibility index (Phi) is 6.09. The van der Waals surface area contributed by atoms with Crippen LogP contribution in [0.4, 0.5) is 10.5 Å². The molecule has 6 nitrogen and oxygen atoms in total. The van der Waals surface area contributed by atoms with E-state index in [0.717, 1.165) is 23.3 Å². The number of carbonyl (C=O) groups excluding carboxylic acids is 1. The summed E-state index contributed by atoms with van der Waals surface area (Å²) in [5.41, 5.74) is 2.35. The molecule has 2 amide bonds. The van der Waals surface area contributed by atoms with Crippen LogP contribution in [0.1, 0.15) is 31.4 Å². The number of urea groups is 1. The van der Waals surface area contributed by atoms with Gasteiger partial charge in [-0.15, -0.1) is 0 Å². The van der Waals surface area contributed by atoms with E-state index in [4.69, 9.17) is 14.2 Å². The Hall–Kier alpha value is -2.73. The van der Waals surface area contributed by atoms with E-state index in [1.54, 1.807) is 7.11 Å². The van der Waals surface area contributed by atoms with Crippen LogP contribution in [0.15, 0.2) is 42.5 Å². The molecule has 1 atom stereocenters. The normalized spacial score (nSPS) is 17.8. The van der Waals surface area contributed by atoms with E-state index in [0.29, 0.717) is 24.7 Å². The average Bonchev–Trinajstić information content (AvgIpc) is 3.00. The first kappa shape index (κ1) is 20.0. The molecule has 28 heavy (non-hydrogen) atoms. The lowest BCUT2D eigenvalue weighted by molar-refractivity contribution is 0.0358. The molecule has 0 spiro atoms. The molecule has 1 heterocycles. The lowest BCUT2D eigenvalue weighted by Gasteiger charge is -2.17. The lowest BCUT2D eigenvalue weighted by atomic mass is 10.0. The summed E-state index contributed by atoms with van der Waals surface area (Å²) in [5.74, 6) is 1.50. The number of hydrogen-bond donors (Lipinski definition) is 2. The minimum absolute atomic E-state index is 0.0142. The number of ether oxygens (including phenoxy) is 3. The van der Waals surface area contributed by atoms with E-state index >= 15 is 0 Å². The van der Waals surface area contributed by atoms with E-state index < -0.39 is 0 Å². The molecule has 6 heteroatoms. The molecule has 3 rings (SSSR count). The molecule has 1 aliphatic rings. The van der Waals surface area contributed by atoms with Crippen molar-refractivity contribution in [3.8, 4) is 11.5 Å². The van der Waals surface area contributed by atoms with E-state index in [2.05, 4.69) is 10.6 Å². The Labute approximate surface area is 166 Å². The van der Waals surface area contributed by atoms with E-state index in [9.17, 15) is 4.79 Å². The van der Waals surface area contributed by atoms with Gasteiger partial charge in [0, 0.05) is 16.8 Å². The Balaban J connectivity index is 1.62. The summed E-state index contributed by atoms with van der Waals surface area (Å²) in [6, 6.07) is 13.1. The molecule has 0 radical (unpaired) electrons. The van der Waals surface area contributed by atoms with Gasteiger partial charge in [0.15, 0.2) is 0 Å². The van der Waals surface area contributed by atoms with Crippen molar-refractivity contribution in [2.75, 3.05) is 19.0 Å². The van der Waals surface area contributed by atoms with Gasteiger partial charge in [-0.2, -0.15) is 0 Å². The highest BCUT2D eigenvalue weighted by molar-refractivity contribution is 5.90. The lowest BCUT2D eigenvalue weighted by Crippen LogP contribution is -2.38. The van der Waals surface area contributed by atoms with Gasteiger partial charge in [0.05, 0.1) is 25.4 Å². The Bertz CT molecular complexity index is 835. The van der Waals surface area contributed by atoms with E-state index in [-0.39, 0.29) is 17.7 Å². The molecule has 1 aliphatic heterocycles. The summed E-state index contributed by atoms with van der Waals surface area (Å²) < 4.78 is 17.0. The number of para-hydroxylation sites is 1. The molecule has 0 aromatic heterocycles. The van der Waals surface area contributed by atoms with Crippen LogP contribution >= 0.6 is 0 Å². The van der Waals surface area contributed by atoms with Gasteiger partial charge in [-0.3, -0.25) is 0 Å². The maximum absolute atomic E-state index is 12.4. The Morgan fingerprint density at radius 3 is 2.64 bits per heavy atom. The second-order valence-electron chi connectivity index (χ2n) is 7.60. The summed E-state index contributed by atoms with van der Waals surface area (Å²) in [6.07, 6.45) is 0.793. The molecule has 2 aromatic rings. The second kappa shape index (κ2) is 8.52. The van der Waals surface area contributed by atoms with Gasteiger partial charge in [-0.1, -0.05) is 24.3 Å². The molecule has 0 bridgehead atoms. The number of carbonyl (C=O) groups is 1. The molecular formula is C22H28N2O4. The first-order valence-corrected chi connectivity index (χ1v) is 9.44. The first-order valence-electron chi connectivity index (χ1n) is 9.44. The molecule has 0 aliphatic carbocycles. The van der Waals surface area contributed by atoms with Crippen LogP contribution in [0.3, 0.4) is 0 Å². The summed E-state index contributed by atoms with van der Waals surface area (Å²) >= 11 is 0. The average molecular weight is 384 g/mol. The van der Waals surface area contributed by atoms with Crippen molar-refractivity contribution in [3.05, 3.63) is 53.6 Å². The molecule has 150 valence electrons. The molecule has 1 fully saturated rings. The molecule has 2 N–H and O–H groups in total. The SMILES string of the molecule is COc1ccccc1COc1cccc(NC(=O)N[C@@H]2COC(C)(C)C2)c1C. The van der Waals surface area contributed by atoms with Crippen LogP contribution in [0, 0.1) is 6.92 Å². The van der Waals surface area contributed by atoms with Crippen LogP contribution < -0.4 is 20.1 Å². The van der Waals surface area contributed by atoms with E-state index in [1.807, 2.05) is 63.2 Å². The minimum atomic E-state index is -0.240. The number of hydrogen-bond acceptors (Lipinski definition) is 4. The number of methoxy groups -OCH3 is 1. The summed E-state index contributed by atoms with van der Waals surface area (Å²) in [6.45, 7) is 6.89. The van der Waals surface area contributed by atoms with Crippen molar-refractivity contribution in [2.24, 2.45) is 0 Å². The van der Waals surface area contributed by atoms with Crippen molar-refractivity contribution in [2.45, 2.75) is 45.4 Å². The third-order valence-corrected chi connectivity index (χ3v) is 4.86. The van der Waals surface area contributed by atoms with Crippen LogP contribution in [0.2, 0.25) is 0 Å². The van der Waals surface area contributed by atoms with Gasteiger partial charge in [-0.25, -0.2) is 4.79 Å². The Morgan fingerprint density at radius 1 is 1.18 bits per heavy atom. The van der Waals surface area contributed by atoms with Gasteiger partial charge in [0.2, 0.25) is 0 Å². The highest BCUT2D eigenvalue weighted by atomic mass is 16.5. The van der Waals surface area contributed by atoms with Gasteiger partial charge >= 0.3 is 6.03 Å². The van der Waals surface area contributed by atoms with Crippen molar-refractivity contribution in [1.29, 1.82) is 0 Å². The highest BCUT2D eigenvalue weighted by Gasteiger charge is 2.32.